The van der Waals surface area contributed by atoms with Gasteiger partial charge in [0.2, 0.25) is 0 Å². The van der Waals surface area contributed by atoms with Crippen molar-refractivity contribution in [3.8, 4) is 5.75 Å². The van der Waals surface area contributed by atoms with Crippen LogP contribution in [0.25, 0.3) is 0 Å². The number of carbonyl (C=O) groups is 3. The molecule has 2 atom stereocenters. The minimum absolute atomic E-state index is 0.0577. The maximum Gasteiger partial charge on any atom is 0.305 e. The summed E-state index contributed by atoms with van der Waals surface area (Å²) in [5.41, 5.74) is 2.48. The van der Waals surface area contributed by atoms with E-state index < -0.39 is 5.97 Å². The van der Waals surface area contributed by atoms with Crippen molar-refractivity contribution in [2.75, 3.05) is 13.7 Å². The van der Waals surface area contributed by atoms with Gasteiger partial charge >= 0.3 is 5.97 Å². The summed E-state index contributed by atoms with van der Waals surface area (Å²) in [7, 11) is 1.56. The number of ether oxygens (including phenoxy) is 1. The Hall–Kier alpha value is -2.86. The molecule has 32 heavy (non-hydrogen) atoms. The van der Waals surface area contributed by atoms with Crippen LogP contribution >= 0.6 is 11.6 Å². The van der Waals surface area contributed by atoms with Crippen molar-refractivity contribution in [3.05, 3.63) is 64.2 Å². The third-order valence-electron chi connectivity index (χ3n) is 5.53. The Morgan fingerprint density at radius 2 is 1.81 bits per heavy atom. The third-order valence-corrected chi connectivity index (χ3v) is 5.83. The predicted molar refractivity (Wildman–Crippen MR) is 125 cm³/mol. The van der Waals surface area contributed by atoms with Gasteiger partial charge in [0.1, 0.15) is 12.0 Å². The number of hydrogen-bond acceptors (Lipinski definition) is 4. The zero-order valence-corrected chi connectivity index (χ0v) is 19.2. The highest BCUT2D eigenvalue weighted by Gasteiger charge is 2.25. The summed E-state index contributed by atoms with van der Waals surface area (Å²) in [6.07, 6.45) is 4.09. The Morgan fingerprint density at radius 3 is 2.38 bits per heavy atom. The van der Waals surface area contributed by atoms with E-state index in [1.54, 1.807) is 19.2 Å². The van der Waals surface area contributed by atoms with Crippen molar-refractivity contribution in [1.29, 1.82) is 0 Å². The molecule has 2 rings (SSSR count). The Labute approximate surface area is 193 Å². The number of amides is 1. The molecule has 0 spiro atoms. The highest BCUT2D eigenvalue weighted by Crippen LogP contribution is 2.41. The van der Waals surface area contributed by atoms with Gasteiger partial charge in [0.25, 0.3) is 5.91 Å². The van der Waals surface area contributed by atoms with Crippen molar-refractivity contribution >= 4 is 29.8 Å². The SMILES string of the molecule is CCCCC(c1ccc(C(=O)NCCC(=O)O)cc1)C(CC=O)c1ccc(OC)c(Cl)c1. The Morgan fingerprint density at radius 1 is 1.12 bits per heavy atom. The van der Waals surface area contributed by atoms with Crippen molar-refractivity contribution in [3.63, 3.8) is 0 Å². The maximum absolute atomic E-state index is 12.3. The van der Waals surface area contributed by atoms with Crippen LogP contribution in [0.3, 0.4) is 0 Å². The van der Waals surface area contributed by atoms with E-state index in [0.29, 0.717) is 22.8 Å². The minimum Gasteiger partial charge on any atom is -0.495 e. The van der Waals surface area contributed by atoms with E-state index in [0.717, 1.165) is 36.7 Å². The average molecular weight is 460 g/mol. The van der Waals surface area contributed by atoms with E-state index in [9.17, 15) is 14.4 Å². The van der Waals surface area contributed by atoms with E-state index in [2.05, 4.69) is 12.2 Å². The van der Waals surface area contributed by atoms with E-state index in [-0.39, 0.29) is 30.7 Å². The lowest BCUT2D eigenvalue weighted by Gasteiger charge is -2.27. The summed E-state index contributed by atoms with van der Waals surface area (Å²) in [6, 6.07) is 12.9. The zero-order chi connectivity index (χ0) is 23.5. The molecule has 2 N–H and O–H groups in total. The van der Waals surface area contributed by atoms with Gasteiger partial charge in [0.05, 0.1) is 18.6 Å². The number of nitrogens with one attached hydrogen (secondary N) is 1. The van der Waals surface area contributed by atoms with E-state index in [1.165, 1.54) is 0 Å². The quantitative estimate of drug-likeness (QED) is 0.401. The summed E-state index contributed by atoms with van der Waals surface area (Å²) < 4.78 is 5.25. The fourth-order valence-electron chi connectivity index (χ4n) is 3.84. The predicted octanol–water partition coefficient (Wildman–Crippen LogP) is 5.20. The van der Waals surface area contributed by atoms with Crippen LogP contribution in [0.5, 0.6) is 5.75 Å². The number of rotatable bonds is 13. The zero-order valence-electron chi connectivity index (χ0n) is 18.5. The molecule has 0 heterocycles. The normalized spacial score (nSPS) is 12.6. The van der Waals surface area contributed by atoms with Gasteiger partial charge in [-0.05, 0) is 53.6 Å². The number of carboxylic acids is 1. The summed E-state index contributed by atoms with van der Waals surface area (Å²) in [5.74, 6) is -0.663. The molecule has 0 bridgehead atoms. The molecule has 7 heteroatoms. The van der Waals surface area contributed by atoms with Crippen molar-refractivity contribution in [2.45, 2.75) is 50.9 Å². The number of carboxylic acid groups (broad SMARTS) is 1. The third kappa shape index (κ3) is 7.09. The number of benzene rings is 2. The summed E-state index contributed by atoms with van der Waals surface area (Å²) in [6.45, 7) is 2.20. The summed E-state index contributed by atoms with van der Waals surface area (Å²) in [5, 5.41) is 11.8. The van der Waals surface area contributed by atoms with Crippen LogP contribution in [0.15, 0.2) is 42.5 Å². The van der Waals surface area contributed by atoms with Crippen LogP contribution < -0.4 is 10.1 Å². The van der Waals surface area contributed by atoms with Gasteiger partial charge in [0.15, 0.2) is 0 Å². The summed E-state index contributed by atoms with van der Waals surface area (Å²) in [4.78, 5) is 34.4. The van der Waals surface area contributed by atoms with Gasteiger partial charge < -0.3 is 20.0 Å². The molecule has 0 aliphatic heterocycles. The largest absolute Gasteiger partial charge is 0.495 e. The highest BCUT2D eigenvalue weighted by atomic mass is 35.5. The van der Waals surface area contributed by atoms with Crippen LogP contribution in [-0.4, -0.2) is 36.9 Å². The van der Waals surface area contributed by atoms with Crippen molar-refractivity contribution in [2.24, 2.45) is 0 Å². The van der Waals surface area contributed by atoms with E-state index in [1.807, 2.05) is 30.3 Å². The molecular weight excluding hydrogens is 430 g/mol. The van der Waals surface area contributed by atoms with Crippen LogP contribution in [0, 0.1) is 0 Å². The van der Waals surface area contributed by atoms with Crippen LogP contribution in [-0.2, 0) is 9.59 Å². The van der Waals surface area contributed by atoms with Crippen LogP contribution in [0.2, 0.25) is 5.02 Å². The Balaban J connectivity index is 2.29. The molecule has 1 amide bonds. The first-order valence-corrected chi connectivity index (χ1v) is 11.2. The second-order valence-electron chi connectivity index (χ2n) is 7.67. The van der Waals surface area contributed by atoms with Crippen LogP contribution in [0.1, 0.15) is 72.3 Å². The van der Waals surface area contributed by atoms with E-state index >= 15 is 0 Å². The second-order valence-corrected chi connectivity index (χ2v) is 8.08. The van der Waals surface area contributed by atoms with Gasteiger partial charge in [-0.1, -0.05) is 49.6 Å². The molecule has 0 radical (unpaired) electrons. The lowest BCUT2D eigenvalue weighted by molar-refractivity contribution is -0.136. The van der Waals surface area contributed by atoms with Gasteiger partial charge in [-0.2, -0.15) is 0 Å². The topological polar surface area (TPSA) is 92.7 Å². The highest BCUT2D eigenvalue weighted by molar-refractivity contribution is 6.32. The standard InChI is InChI=1S/C25H30ClNO5/c1-3-4-5-20(21(13-15-28)19-10-11-23(32-2)22(26)16-19)17-6-8-18(9-7-17)25(31)27-14-12-24(29)30/h6-11,15-16,20-21H,3-5,12-14H2,1-2H3,(H,27,31)(H,29,30). The molecule has 0 aliphatic rings. The first-order chi connectivity index (χ1) is 15.4. The Bertz CT molecular complexity index is 913. The molecule has 6 nitrogen and oxygen atoms in total. The lowest BCUT2D eigenvalue weighted by atomic mass is 9.77. The van der Waals surface area contributed by atoms with Crippen LogP contribution in [0.4, 0.5) is 0 Å². The molecule has 0 fully saturated rings. The number of aldehydes is 1. The first kappa shape index (κ1) is 25.4. The first-order valence-electron chi connectivity index (χ1n) is 10.8. The van der Waals surface area contributed by atoms with Gasteiger partial charge in [-0.3, -0.25) is 9.59 Å². The summed E-state index contributed by atoms with van der Waals surface area (Å²) >= 11 is 6.35. The fraction of sp³-hybridized carbons (Fsp3) is 0.400. The molecule has 0 saturated heterocycles. The average Bonchev–Trinajstić information content (AvgIpc) is 2.78. The smallest absolute Gasteiger partial charge is 0.305 e. The fourth-order valence-corrected chi connectivity index (χ4v) is 4.11. The number of carbonyl (C=O) groups excluding carboxylic acids is 2. The number of hydrogen-bond donors (Lipinski definition) is 2. The molecule has 0 aromatic heterocycles. The molecule has 0 aliphatic carbocycles. The number of halogens is 1. The Kier molecular flexibility index (Phi) is 10.2. The van der Waals surface area contributed by atoms with Gasteiger partial charge in [-0.25, -0.2) is 0 Å². The molecule has 2 aromatic rings. The minimum atomic E-state index is -0.959. The molecule has 0 saturated carbocycles. The number of aliphatic carboxylic acids is 1. The molecule has 2 aromatic carbocycles. The second kappa shape index (κ2) is 12.9. The number of methoxy groups -OCH3 is 1. The molecule has 172 valence electrons. The van der Waals surface area contributed by atoms with E-state index in [4.69, 9.17) is 21.4 Å². The molecule has 2 unspecified atom stereocenters. The monoisotopic (exact) mass is 459 g/mol. The maximum atomic E-state index is 12.3. The number of unbranched alkanes of at least 4 members (excludes halogenated alkanes) is 1. The van der Waals surface area contributed by atoms with Crippen molar-refractivity contribution in [1.82, 2.24) is 5.32 Å². The van der Waals surface area contributed by atoms with Gasteiger partial charge in [0, 0.05) is 18.5 Å². The van der Waals surface area contributed by atoms with Gasteiger partial charge in [-0.15, -0.1) is 0 Å². The molecular formula is C25H30ClNO5. The lowest BCUT2D eigenvalue weighted by Crippen LogP contribution is -2.26. The van der Waals surface area contributed by atoms with Crippen molar-refractivity contribution < 1.29 is 24.2 Å².